The first-order chi connectivity index (χ1) is 7.80. The van der Waals surface area contributed by atoms with E-state index in [4.69, 9.17) is 0 Å². The van der Waals surface area contributed by atoms with Crippen LogP contribution in [0.1, 0.15) is 49.2 Å². The molecular formula is C14H19NO2. The molecule has 0 saturated heterocycles. The Morgan fingerprint density at radius 1 is 1.35 bits per heavy atom. The molecule has 0 radical (unpaired) electrons. The van der Waals surface area contributed by atoms with Crippen molar-refractivity contribution >= 4 is 5.91 Å². The third kappa shape index (κ3) is 2.07. The molecule has 0 spiro atoms. The van der Waals surface area contributed by atoms with Crippen LogP contribution in [0.4, 0.5) is 0 Å². The van der Waals surface area contributed by atoms with E-state index in [1.54, 1.807) is 13.8 Å². The molecule has 3 heteroatoms. The topological polar surface area (TPSA) is 40.5 Å². The second-order valence-electron chi connectivity index (χ2n) is 5.46. The number of carbonyl (C=O) groups is 1. The second kappa shape index (κ2) is 3.84. The Hall–Kier alpha value is -1.35. The highest BCUT2D eigenvalue weighted by Gasteiger charge is 2.30. The third-order valence-electron chi connectivity index (χ3n) is 3.27. The number of rotatable bonds is 2. The Bertz CT molecular complexity index is 458. The van der Waals surface area contributed by atoms with Crippen LogP contribution >= 0.6 is 0 Å². The maximum atomic E-state index is 12.2. The molecule has 92 valence electrons. The molecule has 3 nitrogen and oxygen atoms in total. The van der Waals surface area contributed by atoms with Crippen LogP contribution in [0, 0.1) is 0 Å². The zero-order chi connectivity index (χ0) is 12.8. The maximum absolute atomic E-state index is 12.2. The van der Waals surface area contributed by atoms with E-state index < -0.39 is 5.60 Å². The van der Waals surface area contributed by atoms with Gasteiger partial charge in [0.15, 0.2) is 0 Å². The van der Waals surface area contributed by atoms with E-state index in [0.717, 1.165) is 16.7 Å². The van der Waals surface area contributed by atoms with Crippen LogP contribution in [0.5, 0.6) is 0 Å². The molecule has 1 aromatic carbocycles. The lowest BCUT2D eigenvalue weighted by Gasteiger charge is -2.20. The van der Waals surface area contributed by atoms with Gasteiger partial charge in [0.25, 0.3) is 5.91 Å². The molecule has 0 saturated carbocycles. The van der Waals surface area contributed by atoms with Crippen LogP contribution in [-0.4, -0.2) is 22.0 Å². The van der Waals surface area contributed by atoms with Gasteiger partial charge in [0.1, 0.15) is 0 Å². The monoisotopic (exact) mass is 233 g/mol. The van der Waals surface area contributed by atoms with Crippen molar-refractivity contribution in [3.63, 3.8) is 0 Å². The summed E-state index contributed by atoms with van der Waals surface area (Å²) in [6.45, 7) is 8.17. The summed E-state index contributed by atoms with van der Waals surface area (Å²) in [5.41, 5.74) is 1.67. The fourth-order valence-electron chi connectivity index (χ4n) is 2.12. The van der Waals surface area contributed by atoms with Crippen LogP contribution in [0.25, 0.3) is 0 Å². The Balaban J connectivity index is 2.41. The smallest absolute Gasteiger partial charge is 0.254 e. The lowest BCUT2D eigenvalue weighted by molar-refractivity contribution is 0.0728. The SMILES string of the molecule is CC(C)N1Cc2ccc(C(C)(C)O)cc2C1=O. The molecule has 2 rings (SSSR count). The zero-order valence-electron chi connectivity index (χ0n) is 10.8. The molecule has 1 aromatic rings. The van der Waals surface area contributed by atoms with E-state index in [9.17, 15) is 9.90 Å². The van der Waals surface area contributed by atoms with Gasteiger partial charge < -0.3 is 10.0 Å². The second-order valence-corrected chi connectivity index (χ2v) is 5.46. The van der Waals surface area contributed by atoms with E-state index in [1.807, 2.05) is 36.9 Å². The van der Waals surface area contributed by atoms with E-state index in [0.29, 0.717) is 6.54 Å². The molecule has 17 heavy (non-hydrogen) atoms. The van der Waals surface area contributed by atoms with Crippen LogP contribution in [0.3, 0.4) is 0 Å². The quantitative estimate of drug-likeness (QED) is 0.851. The van der Waals surface area contributed by atoms with Gasteiger partial charge >= 0.3 is 0 Å². The van der Waals surface area contributed by atoms with E-state index in [1.165, 1.54) is 0 Å². The van der Waals surface area contributed by atoms with Crippen molar-refractivity contribution < 1.29 is 9.90 Å². The van der Waals surface area contributed by atoms with Gasteiger partial charge in [-0.3, -0.25) is 4.79 Å². The summed E-state index contributed by atoms with van der Waals surface area (Å²) in [5, 5.41) is 9.96. The summed E-state index contributed by atoms with van der Waals surface area (Å²) in [6, 6.07) is 5.87. The summed E-state index contributed by atoms with van der Waals surface area (Å²) in [7, 11) is 0. The minimum atomic E-state index is -0.902. The van der Waals surface area contributed by atoms with Gasteiger partial charge in [-0.05, 0) is 44.9 Å². The Labute approximate surface area is 102 Å². The summed E-state index contributed by atoms with van der Waals surface area (Å²) >= 11 is 0. The van der Waals surface area contributed by atoms with Gasteiger partial charge in [-0.25, -0.2) is 0 Å². The maximum Gasteiger partial charge on any atom is 0.254 e. The van der Waals surface area contributed by atoms with Crippen LogP contribution in [0.15, 0.2) is 18.2 Å². The van der Waals surface area contributed by atoms with Crippen molar-refractivity contribution in [2.24, 2.45) is 0 Å². The Morgan fingerprint density at radius 3 is 2.53 bits per heavy atom. The molecule has 1 N–H and O–H groups in total. The Morgan fingerprint density at radius 2 is 2.00 bits per heavy atom. The lowest BCUT2D eigenvalue weighted by atomic mass is 9.95. The summed E-state index contributed by atoms with van der Waals surface area (Å²) in [5.74, 6) is 0.0705. The molecule has 0 aliphatic carbocycles. The number of hydrogen-bond donors (Lipinski definition) is 1. The predicted octanol–water partition coefficient (Wildman–Crippen LogP) is 2.28. The predicted molar refractivity (Wildman–Crippen MR) is 66.7 cm³/mol. The number of benzene rings is 1. The van der Waals surface area contributed by atoms with Crippen LogP contribution in [-0.2, 0) is 12.1 Å². The summed E-state index contributed by atoms with van der Waals surface area (Å²) in [6.07, 6.45) is 0. The fraction of sp³-hybridized carbons (Fsp3) is 0.500. The van der Waals surface area contributed by atoms with Crippen LogP contribution < -0.4 is 0 Å². The number of fused-ring (bicyclic) bond motifs is 1. The molecule has 1 aliphatic heterocycles. The Kier molecular flexibility index (Phi) is 2.74. The highest BCUT2D eigenvalue weighted by molar-refractivity contribution is 5.98. The molecule has 0 aromatic heterocycles. The van der Waals surface area contributed by atoms with Crippen LogP contribution in [0.2, 0.25) is 0 Å². The normalized spacial score (nSPS) is 15.6. The third-order valence-corrected chi connectivity index (χ3v) is 3.27. The standard InChI is InChI=1S/C14H19NO2/c1-9(2)15-8-10-5-6-11(14(3,4)17)7-12(10)13(15)16/h5-7,9,17H,8H2,1-4H3. The van der Waals surface area contributed by atoms with Gasteiger partial charge in [-0.1, -0.05) is 12.1 Å². The number of hydrogen-bond acceptors (Lipinski definition) is 2. The first-order valence-electron chi connectivity index (χ1n) is 5.97. The largest absolute Gasteiger partial charge is 0.386 e. The lowest BCUT2D eigenvalue weighted by Crippen LogP contribution is -2.30. The molecule has 1 amide bonds. The first kappa shape index (κ1) is 12.1. The average molecular weight is 233 g/mol. The van der Waals surface area contributed by atoms with Crippen molar-refractivity contribution in [1.82, 2.24) is 4.90 Å². The number of aliphatic hydroxyl groups is 1. The summed E-state index contributed by atoms with van der Waals surface area (Å²) in [4.78, 5) is 14.0. The minimum Gasteiger partial charge on any atom is -0.386 e. The van der Waals surface area contributed by atoms with Gasteiger partial charge in [-0.15, -0.1) is 0 Å². The average Bonchev–Trinajstić information content (AvgIpc) is 2.54. The van der Waals surface area contributed by atoms with Gasteiger partial charge in [0.05, 0.1) is 5.60 Å². The number of amides is 1. The minimum absolute atomic E-state index is 0.0705. The molecule has 1 aliphatic rings. The molecule has 0 fully saturated rings. The molecule has 0 atom stereocenters. The fourth-order valence-corrected chi connectivity index (χ4v) is 2.12. The van der Waals surface area contributed by atoms with Crippen molar-refractivity contribution in [3.05, 3.63) is 34.9 Å². The highest BCUT2D eigenvalue weighted by Crippen LogP contribution is 2.29. The van der Waals surface area contributed by atoms with Crippen molar-refractivity contribution in [3.8, 4) is 0 Å². The zero-order valence-corrected chi connectivity index (χ0v) is 10.8. The van der Waals surface area contributed by atoms with Crippen molar-refractivity contribution in [2.75, 3.05) is 0 Å². The highest BCUT2D eigenvalue weighted by atomic mass is 16.3. The van der Waals surface area contributed by atoms with Gasteiger partial charge in [-0.2, -0.15) is 0 Å². The molecule has 1 heterocycles. The number of nitrogens with zero attached hydrogens (tertiary/aromatic N) is 1. The van der Waals surface area contributed by atoms with Gasteiger partial charge in [0, 0.05) is 18.2 Å². The number of carbonyl (C=O) groups excluding carboxylic acids is 1. The van der Waals surface area contributed by atoms with Crippen molar-refractivity contribution in [2.45, 2.75) is 45.9 Å². The van der Waals surface area contributed by atoms with E-state index >= 15 is 0 Å². The van der Waals surface area contributed by atoms with E-state index in [-0.39, 0.29) is 11.9 Å². The molecular weight excluding hydrogens is 214 g/mol. The first-order valence-corrected chi connectivity index (χ1v) is 5.97. The van der Waals surface area contributed by atoms with Gasteiger partial charge in [0.2, 0.25) is 0 Å². The molecule has 0 bridgehead atoms. The van der Waals surface area contributed by atoms with E-state index in [2.05, 4.69) is 0 Å². The molecule has 0 unspecified atom stereocenters. The van der Waals surface area contributed by atoms with Crippen molar-refractivity contribution in [1.29, 1.82) is 0 Å². The summed E-state index contributed by atoms with van der Waals surface area (Å²) < 4.78 is 0.